The van der Waals surface area contributed by atoms with Crippen LogP contribution < -0.4 is 0 Å². The van der Waals surface area contributed by atoms with E-state index < -0.39 is 0 Å². The smallest absolute Gasteiger partial charge is 0.0504 e. The van der Waals surface area contributed by atoms with Crippen LogP contribution >= 0.6 is 50.6 Å². The molecule has 0 unspecified atom stereocenters. The Balaban J connectivity index is 2.82. The van der Waals surface area contributed by atoms with Gasteiger partial charge in [-0.2, -0.15) is 0 Å². The van der Waals surface area contributed by atoms with Crippen molar-refractivity contribution in [2.45, 2.75) is 10.2 Å². The Labute approximate surface area is 105 Å². The molecule has 0 bridgehead atoms. The molecule has 0 N–H and O–H groups in total. The molecule has 0 atom stereocenters. The number of halogens is 2. The third-order valence-electron chi connectivity index (χ3n) is 2.11. The minimum absolute atomic E-state index is 0.857. The highest BCUT2D eigenvalue weighted by Gasteiger charge is 2.10. The molecule has 14 heavy (non-hydrogen) atoms. The van der Waals surface area contributed by atoms with Crippen molar-refractivity contribution in [3.05, 3.63) is 28.1 Å². The average molecular weight is 308 g/mol. The molecule has 0 aliphatic heterocycles. The Morgan fingerprint density at radius 2 is 2.36 bits per heavy atom. The largest absolute Gasteiger partial charge is 0.143 e. The molecular weight excluding hydrogens is 300 g/mol. The fourth-order valence-electron chi connectivity index (χ4n) is 1.43. The zero-order valence-electron chi connectivity index (χ0n) is 7.51. The molecule has 0 nitrogen and oxygen atoms in total. The van der Waals surface area contributed by atoms with E-state index in [1.165, 1.54) is 20.5 Å². The topological polar surface area (TPSA) is 0 Å². The summed E-state index contributed by atoms with van der Waals surface area (Å²) in [4.78, 5) is 1.27. The molecule has 2 rings (SSSR count). The van der Waals surface area contributed by atoms with Crippen LogP contribution in [-0.2, 0) is 5.33 Å². The summed E-state index contributed by atoms with van der Waals surface area (Å²) in [6, 6.07) is 4.14. The van der Waals surface area contributed by atoms with Crippen LogP contribution in [0.25, 0.3) is 10.1 Å². The maximum absolute atomic E-state index is 6.19. The molecule has 2 aromatic rings. The highest BCUT2D eigenvalue weighted by Crippen LogP contribution is 2.37. The summed E-state index contributed by atoms with van der Waals surface area (Å²) in [5, 5.41) is 5.00. The van der Waals surface area contributed by atoms with Crippen LogP contribution in [0.2, 0.25) is 5.02 Å². The van der Waals surface area contributed by atoms with E-state index in [2.05, 4.69) is 39.7 Å². The molecular formula is C10H8BrClS2. The van der Waals surface area contributed by atoms with Gasteiger partial charge in [-0.1, -0.05) is 27.5 Å². The van der Waals surface area contributed by atoms with Crippen molar-refractivity contribution < 1.29 is 0 Å². The predicted molar refractivity (Wildman–Crippen MR) is 71.2 cm³/mol. The third-order valence-corrected chi connectivity index (χ3v) is 4.76. The van der Waals surface area contributed by atoms with Crippen molar-refractivity contribution in [2.75, 3.05) is 6.26 Å². The fourth-order valence-corrected chi connectivity index (χ4v) is 4.46. The molecule has 0 fully saturated rings. The van der Waals surface area contributed by atoms with Gasteiger partial charge in [0.2, 0.25) is 0 Å². The number of alkyl halides is 1. The Morgan fingerprint density at radius 1 is 1.57 bits per heavy atom. The van der Waals surface area contributed by atoms with Gasteiger partial charge in [0.05, 0.1) is 5.02 Å². The van der Waals surface area contributed by atoms with Crippen LogP contribution in [0.1, 0.15) is 5.56 Å². The van der Waals surface area contributed by atoms with E-state index in [9.17, 15) is 0 Å². The molecule has 4 heteroatoms. The van der Waals surface area contributed by atoms with Crippen LogP contribution in [0.4, 0.5) is 0 Å². The van der Waals surface area contributed by atoms with Crippen molar-refractivity contribution in [3.63, 3.8) is 0 Å². The van der Waals surface area contributed by atoms with Crippen molar-refractivity contribution in [1.82, 2.24) is 0 Å². The fraction of sp³-hybridized carbons (Fsp3) is 0.200. The number of rotatable bonds is 2. The van der Waals surface area contributed by atoms with Crippen LogP contribution in [0.5, 0.6) is 0 Å². The van der Waals surface area contributed by atoms with Gasteiger partial charge in [0.15, 0.2) is 0 Å². The predicted octanol–water partition coefficient (Wildman–Crippen LogP) is 5.17. The zero-order chi connectivity index (χ0) is 10.1. The van der Waals surface area contributed by atoms with E-state index in [1.807, 2.05) is 0 Å². The lowest BCUT2D eigenvalue weighted by Gasteiger charge is -2.07. The van der Waals surface area contributed by atoms with Gasteiger partial charge in [-0.15, -0.1) is 23.1 Å². The lowest BCUT2D eigenvalue weighted by molar-refractivity contribution is 1.34. The lowest BCUT2D eigenvalue weighted by atomic mass is 10.2. The second-order valence-corrected chi connectivity index (χ2v) is 5.57. The van der Waals surface area contributed by atoms with Crippen LogP contribution in [0.3, 0.4) is 0 Å². The van der Waals surface area contributed by atoms with E-state index in [-0.39, 0.29) is 0 Å². The van der Waals surface area contributed by atoms with E-state index in [1.54, 1.807) is 23.1 Å². The second-order valence-electron chi connectivity index (χ2n) is 2.84. The molecule has 0 saturated heterocycles. The van der Waals surface area contributed by atoms with Gasteiger partial charge < -0.3 is 0 Å². The average Bonchev–Trinajstić information content (AvgIpc) is 2.66. The first kappa shape index (κ1) is 10.8. The Morgan fingerprint density at radius 3 is 3.00 bits per heavy atom. The Kier molecular flexibility index (Phi) is 3.42. The third kappa shape index (κ3) is 1.71. The Bertz CT molecular complexity index is 464. The van der Waals surface area contributed by atoms with Crippen LogP contribution in [0, 0.1) is 0 Å². The molecule has 74 valence electrons. The van der Waals surface area contributed by atoms with Crippen molar-refractivity contribution in [2.24, 2.45) is 0 Å². The summed E-state index contributed by atoms with van der Waals surface area (Å²) >= 11 is 13.2. The van der Waals surface area contributed by atoms with Crippen molar-refractivity contribution in [3.8, 4) is 0 Å². The van der Waals surface area contributed by atoms with Gasteiger partial charge >= 0.3 is 0 Å². The standard InChI is InChI=1S/C10H8BrClS2/c1-13-9-4-8(12)6-2-3-14-10(6)7(9)5-11/h2-4H,5H2,1H3. The van der Waals surface area contributed by atoms with Crippen molar-refractivity contribution in [1.29, 1.82) is 0 Å². The molecule has 0 saturated carbocycles. The first-order valence-electron chi connectivity index (χ1n) is 4.06. The first-order chi connectivity index (χ1) is 6.77. The molecule has 0 aliphatic rings. The van der Waals surface area contributed by atoms with Gasteiger partial charge in [0, 0.05) is 20.3 Å². The van der Waals surface area contributed by atoms with Crippen LogP contribution in [0.15, 0.2) is 22.4 Å². The summed E-state index contributed by atoms with van der Waals surface area (Å²) < 4.78 is 1.30. The number of hydrogen-bond donors (Lipinski definition) is 0. The second kappa shape index (κ2) is 4.44. The SMILES string of the molecule is CSc1cc(Cl)c2ccsc2c1CBr. The molecule has 0 spiro atoms. The van der Waals surface area contributed by atoms with E-state index >= 15 is 0 Å². The summed E-state index contributed by atoms with van der Waals surface area (Å²) in [6.07, 6.45) is 2.08. The maximum Gasteiger partial charge on any atom is 0.0504 e. The summed E-state index contributed by atoms with van der Waals surface area (Å²) in [6.45, 7) is 0. The number of thioether (sulfide) groups is 1. The van der Waals surface area contributed by atoms with Gasteiger partial charge in [0.1, 0.15) is 0 Å². The van der Waals surface area contributed by atoms with Crippen LogP contribution in [-0.4, -0.2) is 6.26 Å². The summed E-state index contributed by atoms with van der Waals surface area (Å²) in [5.41, 5.74) is 1.35. The molecule has 1 aromatic carbocycles. The van der Waals surface area contributed by atoms with Gasteiger partial charge in [-0.3, -0.25) is 0 Å². The molecule has 1 aromatic heterocycles. The van der Waals surface area contributed by atoms with Gasteiger partial charge in [-0.05, 0) is 29.3 Å². The van der Waals surface area contributed by atoms with Gasteiger partial charge in [-0.25, -0.2) is 0 Å². The van der Waals surface area contributed by atoms with Crippen molar-refractivity contribution >= 4 is 60.7 Å². The number of thiophene rings is 1. The Hall–Kier alpha value is 0.300. The van der Waals surface area contributed by atoms with E-state index in [0.29, 0.717) is 0 Å². The number of benzene rings is 1. The normalized spacial score (nSPS) is 11.1. The quantitative estimate of drug-likeness (QED) is 0.545. The van der Waals surface area contributed by atoms with Gasteiger partial charge in [0.25, 0.3) is 0 Å². The van der Waals surface area contributed by atoms with E-state index in [0.717, 1.165) is 10.4 Å². The minimum Gasteiger partial charge on any atom is -0.143 e. The molecule has 1 heterocycles. The zero-order valence-corrected chi connectivity index (χ0v) is 11.5. The molecule has 0 radical (unpaired) electrons. The summed E-state index contributed by atoms with van der Waals surface area (Å²) in [5.74, 6) is 0. The highest BCUT2D eigenvalue weighted by molar-refractivity contribution is 9.08. The summed E-state index contributed by atoms with van der Waals surface area (Å²) in [7, 11) is 0. The molecule has 0 amide bonds. The maximum atomic E-state index is 6.19. The minimum atomic E-state index is 0.857. The lowest BCUT2D eigenvalue weighted by Crippen LogP contribution is -1.84. The highest BCUT2D eigenvalue weighted by atomic mass is 79.9. The van der Waals surface area contributed by atoms with E-state index in [4.69, 9.17) is 11.6 Å². The monoisotopic (exact) mass is 306 g/mol. The number of fused-ring (bicyclic) bond motifs is 1. The first-order valence-corrected chi connectivity index (χ1v) is 7.67. The molecule has 0 aliphatic carbocycles. The number of hydrogen-bond acceptors (Lipinski definition) is 2.